The number of likely N-dealkylation sites (tertiary alicyclic amines) is 1. The van der Waals surface area contributed by atoms with Crippen molar-refractivity contribution in [1.29, 1.82) is 0 Å². The Morgan fingerprint density at radius 1 is 1.28 bits per heavy atom. The third kappa shape index (κ3) is 3.59. The largest absolute Gasteiger partial charge is 0.472 e. The van der Waals surface area contributed by atoms with Crippen LogP contribution in [0.3, 0.4) is 0 Å². The molecule has 3 aliphatic rings. The molecule has 2 aromatic heterocycles. The number of carbonyl (C=O) groups excluding carboxylic acids is 1. The predicted octanol–water partition coefficient (Wildman–Crippen LogP) is 2.02. The second-order valence-corrected chi connectivity index (χ2v) is 9.01. The first-order valence-electron chi connectivity index (χ1n) is 10.8. The van der Waals surface area contributed by atoms with Crippen molar-refractivity contribution in [3.63, 3.8) is 0 Å². The molecule has 1 N–H and O–H groups in total. The van der Waals surface area contributed by atoms with Gasteiger partial charge in [0.05, 0.1) is 24.6 Å². The summed E-state index contributed by atoms with van der Waals surface area (Å²) in [4.78, 5) is 17.8. The third-order valence-corrected chi connectivity index (χ3v) is 7.01. The summed E-state index contributed by atoms with van der Waals surface area (Å²) in [5, 5.41) is 11.8. The highest BCUT2D eigenvalue weighted by molar-refractivity contribution is 5.91. The van der Waals surface area contributed by atoms with E-state index >= 15 is 0 Å². The second kappa shape index (κ2) is 7.57. The zero-order chi connectivity index (χ0) is 19.8. The van der Waals surface area contributed by atoms with Gasteiger partial charge in [-0.1, -0.05) is 19.3 Å². The van der Waals surface area contributed by atoms with Crippen molar-refractivity contribution in [2.45, 2.75) is 69.7 Å². The summed E-state index contributed by atoms with van der Waals surface area (Å²) in [6.45, 7) is 4.40. The van der Waals surface area contributed by atoms with Crippen LogP contribution in [0, 0.1) is 0 Å². The lowest BCUT2D eigenvalue weighted by Gasteiger charge is -2.42. The SMILES string of the molecule is CN1Cc2nnc(C(=O)NC3CCCCC3)n2CC12CCN(Cc1ccoc1)C2. The summed E-state index contributed by atoms with van der Waals surface area (Å²) in [7, 11) is 2.17. The van der Waals surface area contributed by atoms with E-state index in [0.717, 1.165) is 57.8 Å². The summed E-state index contributed by atoms with van der Waals surface area (Å²) in [6, 6.07) is 2.31. The minimum absolute atomic E-state index is 0.0129. The smallest absolute Gasteiger partial charge is 0.289 e. The highest BCUT2D eigenvalue weighted by Crippen LogP contribution is 2.34. The fourth-order valence-electron chi connectivity index (χ4n) is 5.24. The Hall–Kier alpha value is -2.19. The lowest BCUT2D eigenvalue weighted by molar-refractivity contribution is 0.0646. The Balaban J connectivity index is 1.31. The molecule has 1 amide bonds. The second-order valence-electron chi connectivity index (χ2n) is 9.01. The molecule has 1 unspecified atom stereocenters. The highest BCUT2D eigenvalue weighted by atomic mass is 16.3. The third-order valence-electron chi connectivity index (χ3n) is 7.01. The van der Waals surface area contributed by atoms with Crippen LogP contribution in [0.25, 0.3) is 0 Å². The minimum Gasteiger partial charge on any atom is -0.472 e. The van der Waals surface area contributed by atoms with E-state index in [0.29, 0.717) is 5.82 Å². The molecule has 2 aliphatic heterocycles. The number of nitrogens with one attached hydrogen (secondary N) is 1. The molecule has 1 aliphatic carbocycles. The van der Waals surface area contributed by atoms with Crippen LogP contribution in [0.4, 0.5) is 0 Å². The summed E-state index contributed by atoms with van der Waals surface area (Å²) in [5.74, 6) is 1.30. The molecule has 29 heavy (non-hydrogen) atoms. The van der Waals surface area contributed by atoms with Crippen LogP contribution in [0.15, 0.2) is 23.0 Å². The van der Waals surface area contributed by atoms with Gasteiger partial charge in [-0.05, 0) is 32.4 Å². The van der Waals surface area contributed by atoms with E-state index < -0.39 is 0 Å². The monoisotopic (exact) mass is 398 g/mol. The van der Waals surface area contributed by atoms with Crippen LogP contribution in [-0.2, 0) is 19.6 Å². The maximum atomic E-state index is 12.9. The number of aromatic nitrogens is 3. The van der Waals surface area contributed by atoms with Gasteiger partial charge in [0.25, 0.3) is 5.91 Å². The summed E-state index contributed by atoms with van der Waals surface area (Å²) < 4.78 is 7.29. The molecule has 2 aromatic rings. The molecule has 1 saturated carbocycles. The normalized spacial score (nSPS) is 26.1. The van der Waals surface area contributed by atoms with Gasteiger partial charge in [0.1, 0.15) is 5.82 Å². The molecule has 0 radical (unpaired) electrons. The number of hydrogen-bond acceptors (Lipinski definition) is 6. The lowest BCUT2D eigenvalue weighted by Crippen LogP contribution is -2.55. The Labute approximate surface area is 171 Å². The zero-order valence-corrected chi connectivity index (χ0v) is 17.1. The number of rotatable bonds is 4. The van der Waals surface area contributed by atoms with E-state index in [-0.39, 0.29) is 17.5 Å². The molecule has 1 atom stereocenters. The topological polar surface area (TPSA) is 79.4 Å². The van der Waals surface area contributed by atoms with Gasteiger partial charge in [-0.15, -0.1) is 10.2 Å². The van der Waals surface area contributed by atoms with Crippen molar-refractivity contribution in [1.82, 2.24) is 29.9 Å². The maximum absolute atomic E-state index is 12.9. The van der Waals surface area contributed by atoms with Crippen LogP contribution in [-0.4, -0.2) is 62.2 Å². The van der Waals surface area contributed by atoms with Crippen molar-refractivity contribution in [3.05, 3.63) is 35.8 Å². The molecule has 1 spiro atoms. The van der Waals surface area contributed by atoms with E-state index in [1.54, 1.807) is 6.26 Å². The number of hydrogen-bond donors (Lipinski definition) is 1. The number of amides is 1. The molecule has 8 nitrogen and oxygen atoms in total. The summed E-state index contributed by atoms with van der Waals surface area (Å²) >= 11 is 0. The molecule has 156 valence electrons. The molecule has 0 bridgehead atoms. The lowest BCUT2D eigenvalue weighted by atomic mass is 9.94. The van der Waals surface area contributed by atoms with Crippen molar-refractivity contribution in [2.24, 2.45) is 0 Å². The fraction of sp³-hybridized carbons (Fsp3) is 0.667. The van der Waals surface area contributed by atoms with Crippen LogP contribution >= 0.6 is 0 Å². The first-order chi connectivity index (χ1) is 14.1. The Bertz CT molecular complexity index is 857. The van der Waals surface area contributed by atoms with Crippen LogP contribution in [0.5, 0.6) is 0 Å². The number of carbonyl (C=O) groups is 1. The van der Waals surface area contributed by atoms with Crippen molar-refractivity contribution in [2.75, 3.05) is 20.1 Å². The maximum Gasteiger partial charge on any atom is 0.289 e. The van der Waals surface area contributed by atoms with Crippen LogP contribution in [0.2, 0.25) is 0 Å². The van der Waals surface area contributed by atoms with Gasteiger partial charge in [0.2, 0.25) is 5.82 Å². The molecule has 1 saturated heterocycles. The first kappa shape index (κ1) is 18.8. The number of fused-ring (bicyclic) bond motifs is 1. The van der Waals surface area contributed by atoms with Gasteiger partial charge in [0, 0.05) is 37.8 Å². The standard InChI is InChI=1S/C21H30N6O2/c1-25-12-18-23-24-19(20(28)22-17-5-3-2-4-6-17)27(18)15-21(25)8-9-26(14-21)11-16-7-10-29-13-16/h7,10,13,17H,2-6,8-9,11-12,14-15H2,1H3,(H,22,28). The minimum atomic E-state index is -0.0661. The molecule has 0 aromatic carbocycles. The first-order valence-corrected chi connectivity index (χ1v) is 10.8. The summed E-state index contributed by atoms with van der Waals surface area (Å²) in [6.07, 6.45) is 10.4. The number of likely N-dealkylation sites (N-methyl/N-ethyl adjacent to an activating group) is 1. The van der Waals surface area contributed by atoms with E-state index in [2.05, 4.69) is 36.9 Å². The Morgan fingerprint density at radius 2 is 2.14 bits per heavy atom. The number of nitrogens with zero attached hydrogens (tertiary/aromatic N) is 5. The van der Waals surface area contributed by atoms with Gasteiger partial charge in [-0.2, -0.15) is 0 Å². The average Bonchev–Trinajstić information content (AvgIpc) is 3.45. The van der Waals surface area contributed by atoms with Gasteiger partial charge < -0.3 is 14.3 Å². The van der Waals surface area contributed by atoms with E-state index in [1.807, 2.05) is 12.3 Å². The van der Waals surface area contributed by atoms with Crippen molar-refractivity contribution < 1.29 is 9.21 Å². The van der Waals surface area contributed by atoms with Gasteiger partial charge in [0.15, 0.2) is 0 Å². The van der Waals surface area contributed by atoms with Crippen LogP contribution < -0.4 is 5.32 Å². The van der Waals surface area contributed by atoms with E-state index in [4.69, 9.17) is 4.42 Å². The molecule has 4 heterocycles. The van der Waals surface area contributed by atoms with E-state index in [9.17, 15) is 4.79 Å². The Morgan fingerprint density at radius 3 is 2.93 bits per heavy atom. The number of furan rings is 1. The quantitative estimate of drug-likeness (QED) is 0.849. The molecule has 8 heteroatoms. The molecule has 5 rings (SSSR count). The average molecular weight is 399 g/mol. The van der Waals surface area contributed by atoms with Gasteiger partial charge in [-0.25, -0.2) is 0 Å². The van der Waals surface area contributed by atoms with E-state index in [1.165, 1.54) is 24.8 Å². The summed E-state index contributed by atoms with van der Waals surface area (Å²) in [5.41, 5.74) is 1.22. The Kier molecular flexibility index (Phi) is 4.91. The van der Waals surface area contributed by atoms with Crippen molar-refractivity contribution >= 4 is 5.91 Å². The fourth-order valence-corrected chi connectivity index (χ4v) is 5.24. The highest BCUT2D eigenvalue weighted by Gasteiger charge is 2.46. The zero-order valence-electron chi connectivity index (χ0n) is 17.1. The van der Waals surface area contributed by atoms with Gasteiger partial charge in [-0.3, -0.25) is 14.6 Å². The predicted molar refractivity (Wildman–Crippen MR) is 107 cm³/mol. The van der Waals surface area contributed by atoms with Crippen molar-refractivity contribution in [3.8, 4) is 0 Å². The molecular weight excluding hydrogens is 368 g/mol. The molecule has 2 fully saturated rings. The van der Waals surface area contributed by atoms with Gasteiger partial charge >= 0.3 is 0 Å². The van der Waals surface area contributed by atoms with Crippen LogP contribution in [0.1, 0.15) is 60.5 Å². The molecular formula is C21H30N6O2.